The minimum absolute atomic E-state index is 0.659. The van der Waals surface area contributed by atoms with E-state index in [0.717, 1.165) is 28.5 Å². The molecule has 1 aromatic heterocycles. The first-order valence-electron chi connectivity index (χ1n) is 8.76. The van der Waals surface area contributed by atoms with Crippen molar-refractivity contribution in [1.82, 2.24) is 14.7 Å². The van der Waals surface area contributed by atoms with Crippen molar-refractivity contribution in [3.63, 3.8) is 0 Å². The smallest absolute Gasteiger partial charge is 0.173 e. The number of aromatic nitrogens is 2. The first-order chi connectivity index (χ1) is 13.0. The van der Waals surface area contributed by atoms with Crippen LogP contribution in [0.3, 0.4) is 0 Å². The molecular formula is C21H24N4OS. The molecular weight excluding hydrogens is 356 g/mol. The highest BCUT2D eigenvalue weighted by Gasteiger charge is 2.16. The highest BCUT2D eigenvalue weighted by molar-refractivity contribution is 7.80. The van der Waals surface area contributed by atoms with E-state index in [1.807, 2.05) is 66.0 Å². The Bertz CT molecular complexity index is 919. The van der Waals surface area contributed by atoms with E-state index in [0.29, 0.717) is 11.7 Å². The number of ether oxygens (including phenoxy) is 1. The lowest BCUT2D eigenvalue weighted by atomic mass is 10.2. The minimum atomic E-state index is 0.659. The summed E-state index contributed by atoms with van der Waals surface area (Å²) in [6, 6.07) is 17.9. The Hall–Kier alpha value is -2.86. The van der Waals surface area contributed by atoms with Crippen LogP contribution < -0.4 is 10.1 Å². The summed E-state index contributed by atoms with van der Waals surface area (Å²) in [5, 5.41) is 8.63. The van der Waals surface area contributed by atoms with Crippen molar-refractivity contribution in [2.45, 2.75) is 20.4 Å². The monoisotopic (exact) mass is 380 g/mol. The van der Waals surface area contributed by atoms with Crippen LogP contribution in [0.5, 0.6) is 5.75 Å². The van der Waals surface area contributed by atoms with Crippen LogP contribution in [0.2, 0.25) is 0 Å². The van der Waals surface area contributed by atoms with Gasteiger partial charge in [0.1, 0.15) is 5.75 Å². The molecule has 140 valence electrons. The molecule has 1 heterocycles. The molecule has 3 rings (SSSR count). The maximum atomic E-state index is 5.56. The van der Waals surface area contributed by atoms with Gasteiger partial charge in [-0.1, -0.05) is 18.2 Å². The summed E-state index contributed by atoms with van der Waals surface area (Å²) in [6.45, 7) is 4.82. The number of aryl methyl sites for hydroxylation is 1. The van der Waals surface area contributed by atoms with Crippen molar-refractivity contribution in [3.05, 3.63) is 71.5 Å². The second-order valence-electron chi connectivity index (χ2n) is 6.41. The number of para-hydroxylation sites is 1. The molecule has 0 radical (unpaired) electrons. The van der Waals surface area contributed by atoms with Crippen LogP contribution in [-0.4, -0.2) is 34.0 Å². The van der Waals surface area contributed by atoms with Gasteiger partial charge >= 0.3 is 0 Å². The van der Waals surface area contributed by atoms with Gasteiger partial charge < -0.3 is 15.0 Å². The van der Waals surface area contributed by atoms with E-state index in [4.69, 9.17) is 22.1 Å². The van der Waals surface area contributed by atoms with Gasteiger partial charge in [-0.2, -0.15) is 5.10 Å². The molecule has 0 aliphatic carbocycles. The number of thiocarbonyl (C=S) groups is 1. The zero-order valence-electron chi connectivity index (χ0n) is 16.1. The maximum absolute atomic E-state index is 5.56. The normalized spacial score (nSPS) is 10.5. The van der Waals surface area contributed by atoms with E-state index in [1.54, 1.807) is 7.11 Å². The molecule has 0 fully saturated rings. The Balaban J connectivity index is 1.72. The number of anilines is 1. The van der Waals surface area contributed by atoms with E-state index < -0.39 is 0 Å². The van der Waals surface area contributed by atoms with Crippen LogP contribution in [0.15, 0.2) is 54.6 Å². The highest BCUT2D eigenvalue weighted by Crippen LogP contribution is 2.20. The lowest BCUT2D eigenvalue weighted by molar-refractivity contribution is 0.415. The lowest BCUT2D eigenvalue weighted by Gasteiger charge is -2.21. The van der Waals surface area contributed by atoms with E-state index in [1.165, 1.54) is 5.56 Å². The van der Waals surface area contributed by atoms with Crippen molar-refractivity contribution in [1.29, 1.82) is 0 Å². The van der Waals surface area contributed by atoms with Crippen LogP contribution in [0.1, 0.15) is 17.0 Å². The fourth-order valence-corrected chi connectivity index (χ4v) is 3.11. The number of benzene rings is 2. The molecule has 0 aliphatic rings. The van der Waals surface area contributed by atoms with E-state index >= 15 is 0 Å². The van der Waals surface area contributed by atoms with Crippen LogP contribution in [0, 0.1) is 13.8 Å². The molecule has 2 aromatic carbocycles. The lowest BCUT2D eigenvalue weighted by Crippen LogP contribution is -2.30. The molecule has 0 spiro atoms. The number of methoxy groups -OCH3 is 1. The second-order valence-corrected chi connectivity index (χ2v) is 6.80. The fourth-order valence-electron chi connectivity index (χ4n) is 2.93. The molecule has 5 nitrogen and oxygen atoms in total. The zero-order valence-corrected chi connectivity index (χ0v) is 16.9. The average molecular weight is 381 g/mol. The third-order valence-corrected chi connectivity index (χ3v) is 4.94. The van der Waals surface area contributed by atoms with Gasteiger partial charge in [-0.3, -0.25) is 0 Å². The van der Waals surface area contributed by atoms with Crippen LogP contribution in [-0.2, 0) is 6.54 Å². The SMILES string of the molecule is COc1ccc(NC(=S)N(C)Cc2c(C)nn(-c3ccccc3)c2C)cc1. The summed E-state index contributed by atoms with van der Waals surface area (Å²) in [4.78, 5) is 2.02. The maximum Gasteiger partial charge on any atom is 0.173 e. The quantitative estimate of drug-likeness (QED) is 0.668. The first kappa shape index (κ1) is 18.9. The minimum Gasteiger partial charge on any atom is -0.497 e. The van der Waals surface area contributed by atoms with Gasteiger partial charge in [-0.15, -0.1) is 0 Å². The number of rotatable bonds is 5. The molecule has 0 atom stereocenters. The summed E-state index contributed by atoms with van der Waals surface area (Å²) in [5.74, 6) is 0.819. The molecule has 0 aliphatic heterocycles. The largest absolute Gasteiger partial charge is 0.497 e. The number of nitrogens with one attached hydrogen (secondary N) is 1. The molecule has 6 heteroatoms. The fraction of sp³-hybridized carbons (Fsp3) is 0.238. The van der Waals surface area contributed by atoms with Crippen LogP contribution in [0.4, 0.5) is 5.69 Å². The first-order valence-corrected chi connectivity index (χ1v) is 9.17. The van der Waals surface area contributed by atoms with Crippen LogP contribution in [0.25, 0.3) is 5.69 Å². The Morgan fingerprint density at radius 1 is 1.11 bits per heavy atom. The van der Waals surface area contributed by atoms with Crippen molar-refractivity contribution in [3.8, 4) is 11.4 Å². The molecule has 0 saturated heterocycles. The number of hydrogen-bond acceptors (Lipinski definition) is 3. The van der Waals surface area contributed by atoms with Gasteiger partial charge in [0.05, 0.1) is 18.5 Å². The molecule has 0 amide bonds. The Labute approximate surface area is 165 Å². The van der Waals surface area contributed by atoms with E-state index in [9.17, 15) is 0 Å². The highest BCUT2D eigenvalue weighted by atomic mass is 32.1. The van der Waals surface area contributed by atoms with Crippen molar-refractivity contribution < 1.29 is 4.74 Å². The molecule has 1 N–H and O–H groups in total. The van der Waals surface area contributed by atoms with Gasteiger partial charge in [0.15, 0.2) is 5.11 Å². The molecule has 0 bridgehead atoms. The molecule has 0 unspecified atom stereocenters. The van der Waals surface area contributed by atoms with Gasteiger partial charge in [-0.05, 0) is 62.5 Å². The summed E-state index contributed by atoms with van der Waals surface area (Å²) in [5.41, 5.74) is 5.31. The van der Waals surface area contributed by atoms with Crippen molar-refractivity contribution in [2.75, 3.05) is 19.5 Å². The third-order valence-electron chi connectivity index (χ3n) is 4.53. The Kier molecular flexibility index (Phi) is 5.76. The van der Waals surface area contributed by atoms with Gasteiger partial charge in [-0.25, -0.2) is 4.68 Å². The number of hydrogen-bond donors (Lipinski definition) is 1. The van der Waals surface area contributed by atoms with E-state index in [2.05, 4.69) is 24.4 Å². The van der Waals surface area contributed by atoms with Gasteiger partial charge in [0.2, 0.25) is 0 Å². The van der Waals surface area contributed by atoms with Gasteiger partial charge in [0, 0.05) is 30.5 Å². The average Bonchev–Trinajstić information content (AvgIpc) is 2.97. The standard InChI is InChI=1S/C21H24N4OS/c1-15-20(16(2)25(23-15)18-8-6-5-7-9-18)14-24(3)21(27)22-17-10-12-19(26-4)13-11-17/h5-13H,14H2,1-4H3,(H,22,27). The van der Waals surface area contributed by atoms with Crippen molar-refractivity contribution >= 4 is 23.0 Å². The number of nitrogens with zero attached hydrogens (tertiary/aromatic N) is 3. The molecule has 0 saturated carbocycles. The Morgan fingerprint density at radius 3 is 2.41 bits per heavy atom. The molecule has 3 aromatic rings. The topological polar surface area (TPSA) is 42.3 Å². The summed E-state index contributed by atoms with van der Waals surface area (Å²) >= 11 is 5.56. The molecule has 27 heavy (non-hydrogen) atoms. The van der Waals surface area contributed by atoms with E-state index in [-0.39, 0.29) is 0 Å². The zero-order chi connectivity index (χ0) is 19.4. The Morgan fingerprint density at radius 2 is 1.78 bits per heavy atom. The predicted octanol–water partition coefficient (Wildman–Crippen LogP) is 4.33. The second kappa shape index (κ2) is 8.22. The predicted molar refractivity (Wildman–Crippen MR) is 114 cm³/mol. The van der Waals surface area contributed by atoms with Crippen LogP contribution >= 0.6 is 12.2 Å². The van der Waals surface area contributed by atoms with Crippen molar-refractivity contribution in [2.24, 2.45) is 0 Å². The summed E-state index contributed by atoms with van der Waals surface area (Å²) < 4.78 is 7.17. The van der Waals surface area contributed by atoms with Gasteiger partial charge in [0.25, 0.3) is 0 Å². The third kappa shape index (κ3) is 4.28. The summed E-state index contributed by atoms with van der Waals surface area (Å²) in [6.07, 6.45) is 0. The summed E-state index contributed by atoms with van der Waals surface area (Å²) in [7, 11) is 3.64.